The lowest BCUT2D eigenvalue weighted by molar-refractivity contribution is 0.450. The Morgan fingerprint density at radius 3 is 2.90 bits per heavy atom. The van der Waals surface area contributed by atoms with Crippen LogP contribution in [0.5, 0.6) is 11.5 Å². The van der Waals surface area contributed by atoms with E-state index in [2.05, 4.69) is 20.4 Å². The standard InChI is InChI=1S/C22H19ClN6O2/c1-13-20-18(3-2-4-19(20)31-28-13)30-17-6-5-14(11-15(17)23)27-22-21-16(25-12-26-22)7-9-29(21)10-8-24/h2-7,9,11-12H,8,10,24H2,1H3,(H,25,26,27). The van der Waals surface area contributed by atoms with Gasteiger partial charge < -0.3 is 24.9 Å². The number of hydrogen-bond acceptors (Lipinski definition) is 7. The SMILES string of the molecule is Cc1noc2cccc(Oc3ccc(Nc4ncnc5ccn(CCN)c45)cc3Cl)c12. The van der Waals surface area contributed by atoms with Gasteiger partial charge in [0.05, 0.1) is 21.6 Å². The minimum Gasteiger partial charge on any atom is -0.455 e. The van der Waals surface area contributed by atoms with E-state index in [9.17, 15) is 0 Å². The molecule has 0 fully saturated rings. The zero-order valence-electron chi connectivity index (χ0n) is 16.7. The molecule has 0 bridgehead atoms. The Labute approximate surface area is 182 Å². The highest BCUT2D eigenvalue weighted by atomic mass is 35.5. The van der Waals surface area contributed by atoms with Crippen molar-refractivity contribution in [1.29, 1.82) is 0 Å². The van der Waals surface area contributed by atoms with E-state index in [1.54, 1.807) is 6.07 Å². The van der Waals surface area contributed by atoms with Crippen molar-refractivity contribution < 1.29 is 9.26 Å². The highest BCUT2D eigenvalue weighted by Crippen LogP contribution is 2.37. The summed E-state index contributed by atoms with van der Waals surface area (Å²) >= 11 is 6.53. The minimum atomic E-state index is 0.457. The van der Waals surface area contributed by atoms with Gasteiger partial charge in [-0.05, 0) is 43.3 Å². The van der Waals surface area contributed by atoms with Crippen molar-refractivity contribution in [1.82, 2.24) is 19.7 Å². The van der Waals surface area contributed by atoms with E-state index in [0.29, 0.717) is 41.0 Å². The molecule has 0 saturated heterocycles. The number of aromatic nitrogens is 4. The van der Waals surface area contributed by atoms with Gasteiger partial charge in [-0.2, -0.15) is 0 Å². The molecule has 0 aliphatic rings. The van der Waals surface area contributed by atoms with Crippen LogP contribution in [0.15, 0.2) is 59.5 Å². The molecule has 3 aromatic heterocycles. The first-order valence-corrected chi connectivity index (χ1v) is 10.1. The molecule has 3 N–H and O–H groups in total. The molecule has 5 rings (SSSR count). The Morgan fingerprint density at radius 1 is 1.16 bits per heavy atom. The van der Waals surface area contributed by atoms with Crippen LogP contribution < -0.4 is 15.8 Å². The molecule has 9 heteroatoms. The molecule has 0 unspecified atom stereocenters. The number of ether oxygens (including phenoxy) is 1. The van der Waals surface area contributed by atoms with Gasteiger partial charge >= 0.3 is 0 Å². The van der Waals surface area contributed by atoms with Crippen molar-refractivity contribution >= 4 is 45.1 Å². The van der Waals surface area contributed by atoms with E-state index in [4.69, 9.17) is 26.6 Å². The molecule has 0 radical (unpaired) electrons. The lowest BCUT2D eigenvalue weighted by Crippen LogP contribution is -2.10. The lowest BCUT2D eigenvalue weighted by atomic mass is 10.2. The number of nitrogens with zero attached hydrogens (tertiary/aromatic N) is 4. The first-order chi connectivity index (χ1) is 15.1. The monoisotopic (exact) mass is 434 g/mol. The van der Waals surface area contributed by atoms with Crippen molar-refractivity contribution in [2.45, 2.75) is 13.5 Å². The van der Waals surface area contributed by atoms with Crippen LogP contribution in [0.1, 0.15) is 5.69 Å². The maximum absolute atomic E-state index is 6.53. The lowest BCUT2D eigenvalue weighted by Gasteiger charge is -2.12. The summed E-state index contributed by atoms with van der Waals surface area (Å²) in [5.74, 6) is 1.84. The van der Waals surface area contributed by atoms with Crippen molar-refractivity contribution in [3.63, 3.8) is 0 Å². The summed E-state index contributed by atoms with van der Waals surface area (Å²) in [6, 6.07) is 13.0. The van der Waals surface area contributed by atoms with E-state index in [1.807, 2.05) is 54.1 Å². The molecule has 8 nitrogen and oxygen atoms in total. The predicted molar refractivity (Wildman–Crippen MR) is 120 cm³/mol. The van der Waals surface area contributed by atoms with E-state index in [0.717, 1.165) is 27.8 Å². The molecule has 0 atom stereocenters. The van der Waals surface area contributed by atoms with E-state index in [1.165, 1.54) is 6.33 Å². The molecule has 31 heavy (non-hydrogen) atoms. The topological polar surface area (TPSA) is 104 Å². The second-order valence-corrected chi connectivity index (χ2v) is 7.43. The molecule has 5 aromatic rings. The Balaban J connectivity index is 1.45. The molecule has 0 amide bonds. The maximum Gasteiger partial charge on any atom is 0.170 e. The van der Waals surface area contributed by atoms with Crippen LogP contribution in [0.4, 0.5) is 11.5 Å². The zero-order chi connectivity index (χ0) is 21.4. The second kappa shape index (κ2) is 7.90. The number of rotatable bonds is 6. The molecular formula is C22H19ClN6O2. The highest BCUT2D eigenvalue weighted by Gasteiger charge is 2.14. The molecular weight excluding hydrogens is 416 g/mol. The van der Waals surface area contributed by atoms with Gasteiger partial charge in [0.15, 0.2) is 11.4 Å². The van der Waals surface area contributed by atoms with E-state index < -0.39 is 0 Å². The summed E-state index contributed by atoms with van der Waals surface area (Å²) in [5, 5.41) is 8.60. The summed E-state index contributed by atoms with van der Waals surface area (Å²) in [6.07, 6.45) is 3.48. The quantitative estimate of drug-likeness (QED) is 0.386. The number of aryl methyl sites for hydroxylation is 1. The summed E-state index contributed by atoms with van der Waals surface area (Å²) in [4.78, 5) is 8.72. The fourth-order valence-corrected chi connectivity index (χ4v) is 3.78. The fraction of sp³-hybridized carbons (Fsp3) is 0.136. The molecule has 0 spiro atoms. The first kappa shape index (κ1) is 19.3. The fourth-order valence-electron chi connectivity index (χ4n) is 3.56. The normalized spacial score (nSPS) is 11.3. The molecule has 156 valence electrons. The van der Waals surface area contributed by atoms with E-state index >= 15 is 0 Å². The van der Waals surface area contributed by atoms with E-state index in [-0.39, 0.29) is 0 Å². The molecule has 0 saturated carbocycles. The Morgan fingerprint density at radius 2 is 2.06 bits per heavy atom. The van der Waals surface area contributed by atoms with Crippen LogP contribution in [0, 0.1) is 6.92 Å². The van der Waals surface area contributed by atoms with Crippen LogP contribution in [-0.4, -0.2) is 26.2 Å². The third-order valence-corrected chi connectivity index (χ3v) is 5.26. The summed E-state index contributed by atoms with van der Waals surface area (Å²) in [7, 11) is 0. The molecule has 0 aliphatic heterocycles. The van der Waals surface area contributed by atoms with Gasteiger partial charge in [0.25, 0.3) is 0 Å². The van der Waals surface area contributed by atoms with Crippen molar-refractivity contribution in [2.24, 2.45) is 5.73 Å². The minimum absolute atomic E-state index is 0.457. The average Bonchev–Trinajstić information content (AvgIpc) is 3.35. The number of anilines is 2. The second-order valence-electron chi connectivity index (χ2n) is 7.02. The Hall–Kier alpha value is -3.62. The van der Waals surface area contributed by atoms with Gasteiger partial charge in [0, 0.05) is 25.0 Å². The average molecular weight is 435 g/mol. The molecule has 0 aliphatic carbocycles. The van der Waals surface area contributed by atoms with Gasteiger partial charge in [-0.25, -0.2) is 9.97 Å². The maximum atomic E-state index is 6.53. The zero-order valence-corrected chi connectivity index (χ0v) is 17.4. The first-order valence-electron chi connectivity index (χ1n) is 9.73. The van der Waals surface area contributed by atoms with Gasteiger partial charge in [0.2, 0.25) is 0 Å². The number of hydrogen-bond donors (Lipinski definition) is 2. The van der Waals surface area contributed by atoms with Crippen molar-refractivity contribution in [2.75, 3.05) is 11.9 Å². The number of nitrogens with two attached hydrogens (primary N) is 1. The van der Waals surface area contributed by atoms with Gasteiger partial charge in [0.1, 0.15) is 23.3 Å². The largest absolute Gasteiger partial charge is 0.455 e. The number of benzene rings is 2. The number of halogens is 1. The van der Waals surface area contributed by atoms with Crippen molar-refractivity contribution in [3.8, 4) is 11.5 Å². The smallest absolute Gasteiger partial charge is 0.170 e. The van der Waals surface area contributed by atoms with Crippen LogP contribution in [-0.2, 0) is 6.54 Å². The van der Waals surface area contributed by atoms with Gasteiger partial charge in [-0.3, -0.25) is 0 Å². The molecule has 3 heterocycles. The van der Waals surface area contributed by atoms with Gasteiger partial charge in [-0.15, -0.1) is 0 Å². The third-order valence-electron chi connectivity index (χ3n) is 4.97. The van der Waals surface area contributed by atoms with Gasteiger partial charge in [-0.1, -0.05) is 22.8 Å². The van der Waals surface area contributed by atoms with Crippen LogP contribution in [0.3, 0.4) is 0 Å². The summed E-state index contributed by atoms with van der Waals surface area (Å²) in [6.45, 7) is 3.07. The highest BCUT2D eigenvalue weighted by molar-refractivity contribution is 6.32. The third kappa shape index (κ3) is 3.56. The molecule has 2 aromatic carbocycles. The van der Waals surface area contributed by atoms with Crippen molar-refractivity contribution in [3.05, 3.63) is 65.7 Å². The van der Waals surface area contributed by atoms with Crippen LogP contribution >= 0.6 is 11.6 Å². The summed E-state index contributed by atoms with van der Waals surface area (Å²) < 4.78 is 13.4. The van der Waals surface area contributed by atoms with Crippen LogP contribution in [0.2, 0.25) is 5.02 Å². The summed E-state index contributed by atoms with van der Waals surface area (Å²) in [5.41, 5.74) is 9.65. The number of fused-ring (bicyclic) bond motifs is 2. The Kier molecular flexibility index (Phi) is 4.93. The predicted octanol–water partition coefficient (Wildman–Crippen LogP) is 5.03. The number of nitrogens with one attached hydrogen (secondary N) is 1. The Bertz CT molecular complexity index is 1390. The van der Waals surface area contributed by atoms with Crippen LogP contribution in [0.25, 0.3) is 22.0 Å².